The Morgan fingerprint density at radius 1 is 1.31 bits per heavy atom. The van der Waals surface area contributed by atoms with Crippen molar-refractivity contribution in [3.63, 3.8) is 0 Å². The number of nitrogens with zero attached hydrogens (tertiary/aromatic N) is 1. The molecule has 96 valence electrons. The maximum atomic E-state index is 5.05. The van der Waals surface area contributed by atoms with Crippen molar-refractivity contribution in [3.05, 3.63) is 0 Å². The Morgan fingerprint density at radius 3 is 2.75 bits per heavy atom. The van der Waals surface area contributed by atoms with Crippen LogP contribution in [0.3, 0.4) is 0 Å². The van der Waals surface area contributed by atoms with Crippen molar-refractivity contribution in [1.29, 1.82) is 0 Å². The predicted octanol–water partition coefficient (Wildman–Crippen LogP) is 1.73. The van der Waals surface area contributed by atoms with Crippen molar-refractivity contribution >= 4 is 0 Å². The van der Waals surface area contributed by atoms with E-state index in [9.17, 15) is 0 Å². The van der Waals surface area contributed by atoms with Gasteiger partial charge >= 0.3 is 0 Å². The molecule has 0 bridgehead atoms. The van der Waals surface area contributed by atoms with Gasteiger partial charge in [-0.3, -0.25) is 0 Å². The molecule has 3 unspecified atom stereocenters. The minimum Gasteiger partial charge on any atom is -0.385 e. The van der Waals surface area contributed by atoms with Gasteiger partial charge in [-0.1, -0.05) is 6.92 Å². The van der Waals surface area contributed by atoms with Crippen LogP contribution < -0.4 is 5.32 Å². The molecule has 1 fully saturated rings. The van der Waals surface area contributed by atoms with Crippen LogP contribution in [0.15, 0.2) is 0 Å². The Kier molecular flexibility index (Phi) is 6.32. The zero-order valence-corrected chi connectivity index (χ0v) is 11.3. The van der Waals surface area contributed by atoms with Gasteiger partial charge in [0.1, 0.15) is 0 Å². The van der Waals surface area contributed by atoms with Gasteiger partial charge in [-0.05, 0) is 45.7 Å². The standard InChI is InChI=1S/C13H28N2O/c1-11-10-15(3)12(2)9-13(11)14-7-5-6-8-16-4/h11-14H,5-10H2,1-4H3. The number of hydrogen-bond acceptors (Lipinski definition) is 3. The van der Waals surface area contributed by atoms with Gasteiger partial charge in [0, 0.05) is 32.3 Å². The molecule has 3 nitrogen and oxygen atoms in total. The fraction of sp³-hybridized carbons (Fsp3) is 1.00. The summed E-state index contributed by atoms with van der Waals surface area (Å²) in [6, 6.07) is 1.42. The lowest BCUT2D eigenvalue weighted by Gasteiger charge is -2.40. The summed E-state index contributed by atoms with van der Waals surface area (Å²) < 4.78 is 5.05. The smallest absolute Gasteiger partial charge is 0.0462 e. The molecular weight excluding hydrogens is 200 g/mol. The molecule has 0 saturated carbocycles. The normalized spacial score (nSPS) is 31.9. The number of methoxy groups -OCH3 is 1. The fourth-order valence-electron chi connectivity index (χ4n) is 2.48. The fourth-order valence-corrected chi connectivity index (χ4v) is 2.48. The van der Waals surface area contributed by atoms with E-state index in [-0.39, 0.29) is 0 Å². The van der Waals surface area contributed by atoms with E-state index in [0.717, 1.165) is 19.1 Å². The van der Waals surface area contributed by atoms with E-state index in [1.54, 1.807) is 7.11 Å². The van der Waals surface area contributed by atoms with Gasteiger partial charge in [-0.2, -0.15) is 0 Å². The highest BCUT2D eigenvalue weighted by Gasteiger charge is 2.27. The van der Waals surface area contributed by atoms with Crippen molar-refractivity contribution in [2.24, 2.45) is 5.92 Å². The van der Waals surface area contributed by atoms with E-state index in [0.29, 0.717) is 12.1 Å². The summed E-state index contributed by atoms with van der Waals surface area (Å²) in [5, 5.41) is 3.70. The molecule has 0 aromatic rings. The maximum Gasteiger partial charge on any atom is 0.0462 e. The highest BCUT2D eigenvalue weighted by Crippen LogP contribution is 2.20. The van der Waals surface area contributed by atoms with Crippen LogP contribution >= 0.6 is 0 Å². The zero-order chi connectivity index (χ0) is 12.0. The lowest BCUT2D eigenvalue weighted by atomic mass is 9.90. The van der Waals surface area contributed by atoms with Crippen molar-refractivity contribution in [2.45, 2.75) is 45.2 Å². The van der Waals surface area contributed by atoms with Crippen LogP contribution in [0.1, 0.15) is 33.1 Å². The molecule has 0 aromatic carbocycles. The van der Waals surface area contributed by atoms with Crippen molar-refractivity contribution in [3.8, 4) is 0 Å². The van der Waals surface area contributed by atoms with E-state index in [2.05, 4.69) is 31.1 Å². The molecule has 1 aliphatic heterocycles. The second-order valence-corrected chi connectivity index (χ2v) is 5.26. The zero-order valence-electron chi connectivity index (χ0n) is 11.3. The number of piperidine rings is 1. The van der Waals surface area contributed by atoms with Crippen LogP contribution in [0, 0.1) is 5.92 Å². The third-order valence-electron chi connectivity index (χ3n) is 3.79. The van der Waals surface area contributed by atoms with E-state index in [1.807, 2.05) is 0 Å². The number of unbranched alkanes of at least 4 members (excludes halogenated alkanes) is 1. The second-order valence-electron chi connectivity index (χ2n) is 5.26. The Hall–Kier alpha value is -0.120. The van der Waals surface area contributed by atoms with Gasteiger partial charge in [-0.25, -0.2) is 0 Å². The molecule has 1 heterocycles. The van der Waals surface area contributed by atoms with E-state index >= 15 is 0 Å². The highest BCUT2D eigenvalue weighted by molar-refractivity contribution is 4.85. The SMILES string of the molecule is COCCCCNC1CC(C)N(C)CC1C. The van der Waals surface area contributed by atoms with Gasteiger partial charge in [0.15, 0.2) is 0 Å². The topological polar surface area (TPSA) is 24.5 Å². The first-order chi connectivity index (χ1) is 7.65. The lowest BCUT2D eigenvalue weighted by Crippen LogP contribution is -2.51. The molecule has 1 saturated heterocycles. The summed E-state index contributed by atoms with van der Waals surface area (Å²) >= 11 is 0. The Morgan fingerprint density at radius 2 is 2.06 bits per heavy atom. The minimum atomic E-state index is 0.703. The van der Waals surface area contributed by atoms with Crippen molar-refractivity contribution in [1.82, 2.24) is 10.2 Å². The molecule has 0 amide bonds. The first kappa shape index (κ1) is 13.9. The number of likely N-dealkylation sites (tertiary alicyclic amines) is 1. The number of nitrogens with one attached hydrogen (secondary N) is 1. The Balaban J connectivity index is 2.16. The summed E-state index contributed by atoms with van der Waals surface area (Å²) in [6.07, 6.45) is 3.67. The molecule has 1 rings (SSSR count). The molecule has 3 heteroatoms. The Bertz CT molecular complexity index is 187. The third kappa shape index (κ3) is 4.40. The van der Waals surface area contributed by atoms with Crippen LogP contribution in [-0.4, -0.2) is 50.8 Å². The van der Waals surface area contributed by atoms with E-state index in [1.165, 1.54) is 25.8 Å². The lowest BCUT2D eigenvalue weighted by molar-refractivity contribution is 0.121. The number of rotatable bonds is 6. The van der Waals surface area contributed by atoms with Crippen LogP contribution in [-0.2, 0) is 4.74 Å². The second kappa shape index (κ2) is 7.25. The van der Waals surface area contributed by atoms with Gasteiger partial charge in [0.2, 0.25) is 0 Å². The monoisotopic (exact) mass is 228 g/mol. The summed E-state index contributed by atoms with van der Waals surface area (Å²) in [6.45, 7) is 7.92. The molecule has 1 aliphatic rings. The average Bonchev–Trinajstić information content (AvgIpc) is 2.25. The van der Waals surface area contributed by atoms with Gasteiger partial charge < -0.3 is 15.0 Å². The summed E-state index contributed by atoms with van der Waals surface area (Å²) in [4.78, 5) is 2.47. The molecule has 1 N–H and O–H groups in total. The number of ether oxygens (including phenoxy) is 1. The molecule has 3 atom stereocenters. The summed E-state index contributed by atoms with van der Waals surface area (Å²) in [5.41, 5.74) is 0. The van der Waals surface area contributed by atoms with Gasteiger partial charge in [-0.15, -0.1) is 0 Å². The Labute approximate surface area is 101 Å². The first-order valence-corrected chi connectivity index (χ1v) is 6.57. The molecule has 0 aromatic heterocycles. The maximum absolute atomic E-state index is 5.05. The van der Waals surface area contributed by atoms with E-state index < -0.39 is 0 Å². The van der Waals surface area contributed by atoms with Gasteiger partial charge in [0.25, 0.3) is 0 Å². The third-order valence-corrected chi connectivity index (χ3v) is 3.79. The van der Waals surface area contributed by atoms with Crippen LogP contribution in [0.4, 0.5) is 0 Å². The minimum absolute atomic E-state index is 0.703. The van der Waals surface area contributed by atoms with Crippen molar-refractivity contribution < 1.29 is 4.74 Å². The summed E-state index contributed by atoms with van der Waals surface area (Å²) in [5.74, 6) is 0.767. The molecule has 0 spiro atoms. The number of hydrogen-bond donors (Lipinski definition) is 1. The van der Waals surface area contributed by atoms with Crippen LogP contribution in [0.25, 0.3) is 0 Å². The van der Waals surface area contributed by atoms with E-state index in [4.69, 9.17) is 4.74 Å². The molecular formula is C13H28N2O. The van der Waals surface area contributed by atoms with Crippen molar-refractivity contribution in [2.75, 3.05) is 33.9 Å². The van der Waals surface area contributed by atoms with Crippen LogP contribution in [0.2, 0.25) is 0 Å². The summed E-state index contributed by atoms with van der Waals surface area (Å²) in [7, 11) is 4.00. The molecule has 0 radical (unpaired) electrons. The average molecular weight is 228 g/mol. The quantitative estimate of drug-likeness (QED) is 0.701. The molecule has 16 heavy (non-hydrogen) atoms. The van der Waals surface area contributed by atoms with Crippen LogP contribution in [0.5, 0.6) is 0 Å². The first-order valence-electron chi connectivity index (χ1n) is 6.57. The highest BCUT2D eigenvalue weighted by atomic mass is 16.5. The molecule has 0 aliphatic carbocycles. The van der Waals surface area contributed by atoms with Gasteiger partial charge in [0.05, 0.1) is 0 Å². The predicted molar refractivity (Wildman–Crippen MR) is 68.8 cm³/mol. The largest absolute Gasteiger partial charge is 0.385 e.